The Morgan fingerprint density at radius 3 is 2.17 bits per heavy atom. The first-order chi connectivity index (χ1) is 8.22. The summed E-state index contributed by atoms with van der Waals surface area (Å²) in [5.74, 6) is 0. The van der Waals surface area contributed by atoms with Crippen LogP contribution in [0.3, 0.4) is 0 Å². The smallest absolute Gasteiger partial charge is 0.360 e. The minimum absolute atomic E-state index is 0.244. The summed E-state index contributed by atoms with van der Waals surface area (Å²) in [6.45, 7) is 4.28. The van der Waals surface area contributed by atoms with Crippen molar-refractivity contribution in [1.29, 1.82) is 0 Å². The summed E-state index contributed by atoms with van der Waals surface area (Å²) in [6, 6.07) is 6.43. The first-order valence-corrected chi connectivity index (χ1v) is 5.90. The van der Waals surface area contributed by atoms with Crippen molar-refractivity contribution in [2.75, 3.05) is 11.4 Å². The minimum Gasteiger partial charge on any atom is -0.360 e. The fourth-order valence-electron chi connectivity index (χ4n) is 1.87. The van der Waals surface area contributed by atoms with Gasteiger partial charge < -0.3 is 10.6 Å². The van der Waals surface area contributed by atoms with E-state index < -0.39 is 12.7 Å². The minimum atomic E-state index is -4.23. The van der Waals surface area contributed by atoms with Gasteiger partial charge >= 0.3 is 6.18 Å². The number of anilines is 1. The zero-order valence-corrected chi connectivity index (χ0v) is 10.8. The number of para-hydroxylation sites is 1. The molecule has 0 saturated heterocycles. The van der Waals surface area contributed by atoms with Crippen LogP contribution < -0.4 is 10.6 Å². The predicted octanol–water partition coefficient (Wildman–Crippen LogP) is 3.48. The summed E-state index contributed by atoms with van der Waals surface area (Å²) < 4.78 is 37.8. The molecule has 0 fully saturated rings. The van der Waals surface area contributed by atoms with Crippen LogP contribution in [-0.4, -0.2) is 18.8 Å². The van der Waals surface area contributed by atoms with Gasteiger partial charge in [-0.25, -0.2) is 0 Å². The molecule has 0 bridgehead atoms. The normalized spacial score (nSPS) is 13.8. The molecule has 0 saturated carbocycles. The molecule has 5 heteroatoms. The average Bonchev–Trinajstić information content (AvgIpc) is 2.24. The maximum Gasteiger partial charge on any atom is 0.405 e. The third kappa shape index (κ3) is 3.91. The molecule has 0 aliphatic carbocycles. The second-order valence-electron chi connectivity index (χ2n) is 4.68. The molecule has 0 spiro atoms. The van der Waals surface area contributed by atoms with Crippen molar-refractivity contribution in [2.45, 2.75) is 39.0 Å². The van der Waals surface area contributed by atoms with Gasteiger partial charge in [-0.3, -0.25) is 0 Å². The summed E-state index contributed by atoms with van der Waals surface area (Å²) in [6.07, 6.45) is -4.23. The van der Waals surface area contributed by atoms with Crippen LogP contribution in [0.2, 0.25) is 0 Å². The summed E-state index contributed by atoms with van der Waals surface area (Å²) in [5, 5.41) is 0. The van der Waals surface area contributed by atoms with Gasteiger partial charge in [0, 0.05) is 17.8 Å². The Balaban J connectivity index is 3.14. The van der Waals surface area contributed by atoms with E-state index >= 15 is 0 Å². The van der Waals surface area contributed by atoms with Crippen LogP contribution in [-0.2, 0) is 0 Å². The molecule has 1 atom stereocenters. The largest absolute Gasteiger partial charge is 0.405 e. The fraction of sp³-hybridized carbons (Fsp3) is 0.538. The molecule has 0 aromatic heterocycles. The molecule has 0 unspecified atom stereocenters. The Hall–Kier alpha value is -1.23. The van der Waals surface area contributed by atoms with E-state index in [9.17, 15) is 13.2 Å². The number of hydrogen-bond acceptors (Lipinski definition) is 2. The number of rotatable bonds is 4. The molecular formula is C13H19F3N2. The van der Waals surface area contributed by atoms with E-state index in [1.165, 1.54) is 4.90 Å². The Morgan fingerprint density at radius 2 is 1.72 bits per heavy atom. The van der Waals surface area contributed by atoms with Crippen LogP contribution in [0.5, 0.6) is 0 Å². The third-order valence-electron chi connectivity index (χ3n) is 2.71. The number of alkyl halides is 3. The van der Waals surface area contributed by atoms with E-state index in [2.05, 4.69) is 0 Å². The molecule has 0 aliphatic rings. The first kappa shape index (κ1) is 14.8. The van der Waals surface area contributed by atoms with Gasteiger partial charge in [-0.15, -0.1) is 0 Å². The van der Waals surface area contributed by atoms with Gasteiger partial charge in [-0.2, -0.15) is 13.2 Å². The van der Waals surface area contributed by atoms with Crippen molar-refractivity contribution >= 4 is 5.69 Å². The number of halogens is 3. The van der Waals surface area contributed by atoms with Gasteiger partial charge in [0.1, 0.15) is 6.54 Å². The van der Waals surface area contributed by atoms with Gasteiger partial charge in [0.2, 0.25) is 0 Å². The molecule has 102 valence electrons. The molecule has 1 aromatic carbocycles. The molecular weight excluding hydrogens is 241 g/mol. The lowest BCUT2D eigenvalue weighted by molar-refractivity contribution is -0.120. The van der Waals surface area contributed by atoms with E-state index in [4.69, 9.17) is 5.73 Å². The van der Waals surface area contributed by atoms with E-state index in [1.807, 2.05) is 0 Å². The van der Waals surface area contributed by atoms with E-state index in [0.29, 0.717) is 5.69 Å². The molecule has 2 nitrogen and oxygen atoms in total. The lowest BCUT2D eigenvalue weighted by Gasteiger charge is -2.32. The van der Waals surface area contributed by atoms with Crippen molar-refractivity contribution in [2.24, 2.45) is 5.73 Å². The second kappa shape index (κ2) is 5.61. The molecule has 0 radical (unpaired) electrons. The highest BCUT2D eigenvalue weighted by molar-refractivity contribution is 5.55. The lowest BCUT2D eigenvalue weighted by Crippen LogP contribution is -2.40. The van der Waals surface area contributed by atoms with Gasteiger partial charge in [-0.1, -0.05) is 18.2 Å². The molecule has 2 N–H and O–H groups in total. The van der Waals surface area contributed by atoms with Gasteiger partial charge in [0.15, 0.2) is 0 Å². The standard InChI is InChI=1S/C13H19F3N2/c1-9(2)18(8-13(14,15)16)12-7-5-4-6-11(12)10(3)17/h4-7,9-10H,8,17H2,1-3H3/t10-/m1/s1. The average molecular weight is 260 g/mol. The zero-order valence-electron chi connectivity index (χ0n) is 10.8. The summed E-state index contributed by atoms with van der Waals surface area (Å²) in [4.78, 5) is 1.33. The number of hydrogen-bond donors (Lipinski definition) is 1. The van der Waals surface area contributed by atoms with Crippen molar-refractivity contribution < 1.29 is 13.2 Å². The highest BCUT2D eigenvalue weighted by Gasteiger charge is 2.32. The van der Waals surface area contributed by atoms with Gasteiger partial charge in [-0.05, 0) is 32.4 Å². The van der Waals surface area contributed by atoms with Crippen molar-refractivity contribution in [3.63, 3.8) is 0 Å². The maximum absolute atomic E-state index is 12.6. The predicted molar refractivity (Wildman–Crippen MR) is 67.6 cm³/mol. The van der Waals surface area contributed by atoms with Crippen LogP contribution >= 0.6 is 0 Å². The number of benzene rings is 1. The molecule has 0 amide bonds. The van der Waals surface area contributed by atoms with E-state index in [-0.39, 0.29) is 12.1 Å². The molecule has 0 heterocycles. The van der Waals surface area contributed by atoms with Crippen molar-refractivity contribution in [3.05, 3.63) is 29.8 Å². The second-order valence-corrected chi connectivity index (χ2v) is 4.68. The Morgan fingerprint density at radius 1 is 1.17 bits per heavy atom. The Bertz CT molecular complexity index is 386. The van der Waals surface area contributed by atoms with E-state index in [1.54, 1.807) is 45.0 Å². The summed E-state index contributed by atoms with van der Waals surface area (Å²) in [5.41, 5.74) is 7.10. The summed E-state index contributed by atoms with van der Waals surface area (Å²) >= 11 is 0. The Labute approximate surface area is 106 Å². The van der Waals surface area contributed by atoms with Crippen LogP contribution in [0.15, 0.2) is 24.3 Å². The van der Waals surface area contributed by atoms with E-state index in [0.717, 1.165) is 5.56 Å². The van der Waals surface area contributed by atoms with Crippen molar-refractivity contribution in [1.82, 2.24) is 0 Å². The molecule has 1 aromatic rings. The van der Waals surface area contributed by atoms with Crippen LogP contribution in [0, 0.1) is 0 Å². The fourth-order valence-corrected chi connectivity index (χ4v) is 1.87. The topological polar surface area (TPSA) is 29.3 Å². The molecule has 1 rings (SSSR count). The van der Waals surface area contributed by atoms with Crippen LogP contribution in [0.25, 0.3) is 0 Å². The quantitative estimate of drug-likeness (QED) is 0.898. The molecule has 0 aliphatic heterocycles. The zero-order chi connectivity index (χ0) is 13.9. The van der Waals surface area contributed by atoms with Crippen molar-refractivity contribution in [3.8, 4) is 0 Å². The highest BCUT2D eigenvalue weighted by atomic mass is 19.4. The summed E-state index contributed by atoms with van der Waals surface area (Å²) in [7, 11) is 0. The third-order valence-corrected chi connectivity index (χ3v) is 2.71. The maximum atomic E-state index is 12.6. The number of nitrogens with zero attached hydrogens (tertiary/aromatic N) is 1. The molecule has 18 heavy (non-hydrogen) atoms. The number of nitrogens with two attached hydrogens (primary N) is 1. The van der Waals surface area contributed by atoms with Crippen LogP contribution in [0.4, 0.5) is 18.9 Å². The van der Waals surface area contributed by atoms with Gasteiger partial charge in [0.25, 0.3) is 0 Å². The first-order valence-electron chi connectivity index (χ1n) is 5.90. The van der Waals surface area contributed by atoms with Crippen LogP contribution in [0.1, 0.15) is 32.4 Å². The van der Waals surface area contributed by atoms with Gasteiger partial charge in [0.05, 0.1) is 0 Å². The lowest BCUT2D eigenvalue weighted by atomic mass is 10.0. The highest BCUT2D eigenvalue weighted by Crippen LogP contribution is 2.29. The Kier molecular flexibility index (Phi) is 4.62. The SMILES string of the molecule is CC(C)N(CC(F)(F)F)c1ccccc1[C@@H](C)N. The monoisotopic (exact) mass is 260 g/mol.